The summed E-state index contributed by atoms with van der Waals surface area (Å²) in [7, 11) is -2.10. The number of nitrogens with zero attached hydrogens (tertiary/aromatic N) is 4. The molecular weight excluding hydrogens is 653 g/mol. The molecule has 11 heteroatoms. The van der Waals surface area contributed by atoms with Gasteiger partial charge in [0.25, 0.3) is 5.91 Å². The SMILES string of the molecule is Cc1ccc(OC2CCN(S(=O)(=O)N(C)c3ccc(OC4CCN(C(=O)c5ccc(OC6CCN(C(C)C)CC6)cc5)CC4)cc3)CC2)cc1. The van der Waals surface area contributed by atoms with Crippen molar-refractivity contribution in [2.24, 2.45) is 0 Å². The van der Waals surface area contributed by atoms with E-state index in [1.807, 2.05) is 72.5 Å². The summed E-state index contributed by atoms with van der Waals surface area (Å²) in [5.74, 6) is 2.34. The Morgan fingerprint density at radius 1 is 0.660 bits per heavy atom. The lowest BCUT2D eigenvalue weighted by atomic mass is 10.1. The molecule has 0 unspecified atom stereocenters. The highest BCUT2D eigenvalue weighted by Gasteiger charge is 2.32. The van der Waals surface area contributed by atoms with Crippen LogP contribution in [-0.4, -0.2) is 99.1 Å². The molecule has 1 amide bonds. The summed E-state index contributed by atoms with van der Waals surface area (Å²) >= 11 is 0. The maximum absolute atomic E-state index is 13.4. The van der Waals surface area contributed by atoms with Gasteiger partial charge < -0.3 is 24.0 Å². The van der Waals surface area contributed by atoms with Gasteiger partial charge in [0.15, 0.2) is 0 Å². The van der Waals surface area contributed by atoms with Crippen molar-refractivity contribution in [1.29, 1.82) is 0 Å². The molecule has 3 aromatic rings. The summed E-state index contributed by atoms with van der Waals surface area (Å²) in [4.78, 5) is 17.6. The number of aryl methyl sites for hydroxylation is 1. The smallest absolute Gasteiger partial charge is 0.303 e. The first kappa shape index (κ1) is 36.0. The number of carbonyl (C=O) groups excluding carboxylic acids is 1. The largest absolute Gasteiger partial charge is 0.490 e. The number of amides is 1. The van der Waals surface area contributed by atoms with Crippen LogP contribution in [0, 0.1) is 6.92 Å². The zero-order valence-corrected chi connectivity index (χ0v) is 30.7. The second-order valence-corrected chi connectivity index (χ2v) is 16.0. The summed E-state index contributed by atoms with van der Waals surface area (Å²) in [6, 6.07) is 23.3. The molecule has 6 rings (SSSR count). The normalized spacial score (nSPS) is 19.0. The Kier molecular flexibility index (Phi) is 11.6. The summed E-state index contributed by atoms with van der Waals surface area (Å²) in [6.07, 6.45) is 4.95. The van der Waals surface area contributed by atoms with Crippen LogP contribution in [0.4, 0.5) is 5.69 Å². The van der Waals surface area contributed by atoms with Gasteiger partial charge >= 0.3 is 10.2 Å². The Balaban J connectivity index is 0.931. The van der Waals surface area contributed by atoms with Gasteiger partial charge in [-0.15, -0.1) is 0 Å². The molecule has 0 spiro atoms. The molecule has 3 aliphatic rings. The Hall–Kier alpha value is -3.80. The molecule has 0 saturated carbocycles. The maximum atomic E-state index is 13.4. The standard InChI is InChI=1S/C39H52N4O6S/c1-29(2)41-23-17-36(18-24-41)48-34-13-7-31(8-14-34)39(44)42-25-19-37(20-26-42)49-35-15-9-32(10-16-35)40(4)50(45,46)43-27-21-38(22-28-43)47-33-11-5-30(3)6-12-33/h5-16,29,36-38H,17-28H2,1-4H3. The molecule has 3 saturated heterocycles. The topological polar surface area (TPSA) is 91.9 Å². The van der Waals surface area contributed by atoms with E-state index in [0.29, 0.717) is 62.1 Å². The fourth-order valence-corrected chi connectivity index (χ4v) is 8.37. The predicted molar refractivity (Wildman–Crippen MR) is 197 cm³/mol. The third-order valence-electron chi connectivity index (χ3n) is 10.2. The summed E-state index contributed by atoms with van der Waals surface area (Å²) in [6.45, 7) is 10.6. The van der Waals surface area contributed by atoms with Crippen LogP contribution in [0.3, 0.4) is 0 Å². The molecule has 50 heavy (non-hydrogen) atoms. The van der Waals surface area contributed by atoms with E-state index in [1.54, 1.807) is 19.2 Å². The third kappa shape index (κ3) is 8.91. The number of piperidine rings is 3. The predicted octanol–water partition coefficient (Wildman–Crippen LogP) is 6.15. The van der Waals surface area contributed by atoms with Crippen LogP contribution in [0.15, 0.2) is 72.8 Å². The van der Waals surface area contributed by atoms with Gasteiger partial charge in [0.05, 0.1) is 5.69 Å². The van der Waals surface area contributed by atoms with Gasteiger partial charge in [0.2, 0.25) is 0 Å². The molecule has 0 bridgehead atoms. The zero-order chi connectivity index (χ0) is 35.3. The quantitative estimate of drug-likeness (QED) is 0.236. The average Bonchev–Trinajstić information content (AvgIpc) is 3.13. The van der Waals surface area contributed by atoms with Crippen molar-refractivity contribution >= 4 is 21.8 Å². The monoisotopic (exact) mass is 704 g/mol. The van der Waals surface area contributed by atoms with Crippen LogP contribution < -0.4 is 18.5 Å². The lowest BCUT2D eigenvalue weighted by Crippen LogP contribution is -2.47. The molecule has 0 atom stereocenters. The minimum Gasteiger partial charge on any atom is -0.490 e. The van der Waals surface area contributed by atoms with Crippen molar-refractivity contribution in [2.45, 2.75) is 83.6 Å². The second kappa shape index (κ2) is 16.0. The summed E-state index contributed by atoms with van der Waals surface area (Å²) in [5, 5.41) is 0. The number of anilines is 1. The van der Waals surface area contributed by atoms with Gasteiger partial charge in [-0.3, -0.25) is 9.10 Å². The van der Waals surface area contributed by atoms with Gasteiger partial charge in [-0.1, -0.05) is 17.7 Å². The number of hydrogen-bond donors (Lipinski definition) is 0. The van der Waals surface area contributed by atoms with Crippen LogP contribution in [0.25, 0.3) is 0 Å². The van der Waals surface area contributed by atoms with E-state index in [1.165, 1.54) is 14.2 Å². The van der Waals surface area contributed by atoms with E-state index in [-0.39, 0.29) is 24.2 Å². The first-order chi connectivity index (χ1) is 24.0. The van der Waals surface area contributed by atoms with E-state index in [0.717, 1.165) is 50.3 Å². The highest BCUT2D eigenvalue weighted by molar-refractivity contribution is 7.90. The number of likely N-dealkylation sites (tertiary alicyclic amines) is 2. The maximum Gasteiger partial charge on any atom is 0.303 e. The molecule has 270 valence electrons. The second-order valence-electron chi connectivity index (χ2n) is 14.1. The van der Waals surface area contributed by atoms with E-state index in [9.17, 15) is 13.2 Å². The van der Waals surface area contributed by atoms with Gasteiger partial charge in [0, 0.05) is 70.8 Å². The molecule has 0 aliphatic carbocycles. The highest BCUT2D eigenvalue weighted by Crippen LogP contribution is 2.28. The first-order valence-corrected chi connectivity index (χ1v) is 19.5. The summed E-state index contributed by atoms with van der Waals surface area (Å²) in [5.41, 5.74) is 2.41. The molecule has 0 aromatic heterocycles. The first-order valence-electron chi connectivity index (χ1n) is 18.1. The molecule has 3 heterocycles. The van der Waals surface area contributed by atoms with E-state index in [2.05, 4.69) is 18.7 Å². The van der Waals surface area contributed by atoms with Crippen molar-refractivity contribution in [3.05, 3.63) is 83.9 Å². The van der Waals surface area contributed by atoms with Gasteiger partial charge in [-0.05, 0) is 107 Å². The average molecular weight is 705 g/mol. The zero-order valence-electron chi connectivity index (χ0n) is 29.9. The molecule has 3 aromatic carbocycles. The van der Waals surface area contributed by atoms with Gasteiger partial charge in [-0.2, -0.15) is 12.7 Å². The minimum absolute atomic E-state index is 0.00891. The van der Waals surface area contributed by atoms with E-state index >= 15 is 0 Å². The number of hydrogen-bond acceptors (Lipinski definition) is 7. The Labute approximate surface area is 298 Å². The molecule has 0 radical (unpaired) electrons. The minimum atomic E-state index is -3.68. The number of carbonyl (C=O) groups is 1. The Morgan fingerprint density at radius 3 is 1.56 bits per heavy atom. The lowest BCUT2D eigenvalue weighted by molar-refractivity contribution is 0.0595. The molecule has 10 nitrogen and oxygen atoms in total. The number of benzene rings is 3. The van der Waals surface area contributed by atoms with Crippen molar-refractivity contribution in [2.75, 3.05) is 50.6 Å². The lowest BCUT2D eigenvalue weighted by Gasteiger charge is -2.34. The van der Waals surface area contributed by atoms with Crippen LogP contribution >= 0.6 is 0 Å². The highest BCUT2D eigenvalue weighted by atomic mass is 32.2. The Morgan fingerprint density at radius 2 is 1.08 bits per heavy atom. The van der Waals surface area contributed by atoms with Crippen molar-refractivity contribution in [3.63, 3.8) is 0 Å². The van der Waals surface area contributed by atoms with Crippen LogP contribution in [-0.2, 0) is 10.2 Å². The Bertz CT molecular complexity index is 1640. The van der Waals surface area contributed by atoms with Crippen LogP contribution in [0.2, 0.25) is 0 Å². The van der Waals surface area contributed by atoms with Crippen LogP contribution in [0.1, 0.15) is 68.3 Å². The fraction of sp³-hybridized carbons (Fsp3) is 0.513. The van der Waals surface area contributed by atoms with E-state index in [4.69, 9.17) is 14.2 Å². The number of ether oxygens (including phenoxy) is 3. The van der Waals surface area contributed by atoms with E-state index < -0.39 is 10.2 Å². The molecular formula is C39H52N4O6S. The fourth-order valence-electron chi connectivity index (χ4n) is 6.96. The summed E-state index contributed by atoms with van der Waals surface area (Å²) < 4.78 is 48.3. The van der Waals surface area contributed by atoms with Crippen molar-refractivity contribution in [3.8, 4) is 17.2 Å². The molecule has 3 aliphatic heterocycles. The van der Waals surface area contributed by atoms with Crippen molar-refractivity contribution in [1.82, 2.24) is 14.1 Å². The van der Waals surface area contributed by atoms with Crippen LogP contribution in [0.5, 0.6) is 17.2 Å². The van der Waals surface area contributed by atoms with Gasteiger partial charge in [0.1, 0.15) is 35.6 Å². The number of rotatable bonds is 11. The molecule has 3 fully saturated rings. The molecule has 0 N–H and O–H groups in total. The third-order valence-corrected chi connectivity index (χ3v) is 12.2. The van der Waals surface area contributed by atoms with Gasteiger partial charge in [-0.25, -0.2) is 0 Å². The van der Waals surface area contributed by atoms with Crippen molar-refractivity contribution < 1.29 is 27.4 Å².